The summed E-state index contributed by atoms with van der Waals surface area (Å²) in [5, 5.41) is 3.10. The maximum atomic E-state index is 5.93. The Morgan fingerprint density at radius 1 is 1.19 bits per heavy atom. The third-order valence-electron chi connectivity index (χ3n) is 4.01. The van der Waals surface area contributed by atoms with Crippen molar-refractivity contribution in [1.29, 1.82) is 0 Å². The van der Waals surface area contributed by atoms with E-state index in [4.69, 9.17) is 15.2 Å². The number of nitrogens with two attached hydrogens (primary N) is 1. The van der Waals surface area contributed by atoms with Gasteiger partial charge in [-0.05, 0) is 55.9 Å². The molecule has 0 unspecified atom stereocenters. The molecule has 5 nitrogen and oxygen atoms in total. The average molecular weight is 291 g/mol. The van der Waals surface area contributed by atoms with Crippen LogP contribution in [0.5, 0.6) is 5.75 Å². The third kappa shape index (κ3) is 4.93. The zero-order chi connectivity index (χ0) is 15.1. The molecule has 5 heteroatoms. The fourth-order valence-electron chi connectivity index (χ4n) is 2.64. The number of aliphatic imine (C=N–C) groups is 1. The van der Waals surface area contributed by atoms with Crippen LogP contribution in [0, 0.1) is 5.92 Å². The van der Waals surface area contributed by atoms with Gasteiger partial charge in [-0.15, -0.1) is 0 Å². The quantitative estimate of drug-likeness (QED) is 0.646. The molecule has 0 radical (unpaired) electrons. The lowest BCUT2D eigenvalue weighted by atomic mass is 9.87. The van der Waals surface area contributed by atoms with E-state index in [1.54, 1.807) is 14.2 Å². The molecule has 0 spiro atoms. The number of hydrogen-bond donors (Lipinski definition) is 2. The molecule has 2 rings (SSSR count). The molecule has 3 N–H and O–H groups in total. The summed E-state index contributed by atoms with van der Waals surface area (Å²) in [5.74, 6) is 1.91. The molecule has 1 saturated carbocycles. The van der Waals surface area contributed by atoms with Crippen LogP contribution in [0.4, 0.5) is 5.69 Å². The normalized spacial score (nSPS) is 22.9. The predicted octanol–water partition coefficient (Wildman–Crippen LogP) is 2.63. The minimum absolute atomic E-state index is 0.431. The minimum atomic E-state index is 0.431. The van der Waals surface area contributed by atoms with Gasteiger partial charge in [-0.25, -0.2) is 0 Å². The Morgan fingerprint density at radius 3 is 2.43 bits per heavy atom. The molecule has 116 valence electrons. The standard InChI is InChI=1S/C16H25N3O2/c1-20-14-7-3-12(4-8-14)11-18-16(17)19-13-5-9-15(21-2)10-6-13/h5-6,9-10,12,14H,3-4,7-8,11H2,1-2H3,(H3,17,18,19). The number of anilines is 1. The Hall–Kier alpha value is -1.75. The van der Waals surface area contributed by atoms with Crippen molar-refractivity contribution >= 4 is 11.6 Å². The van der Waals surface area contributed by atoms with E-state index in [-0.39, 0.29) is 0 Å². The van der Waals surface area contributed by atoms with Crippen molar-refractivity contribution in [3.05, 3.63) is 24.3 Å². The third-order valence-corrected chi connectivity index (χ3v) is 4.01. The van der Waals surface area contributed by atoms with Gasteiger partial charge in [0.1, 0.15) is 5.75 Å². The van der Waals surface area contributed by atoms with Gasteiger partial charge in [-0.2, -0.15) is 0 Å². The highest BCUT2D eigenvalue weighted by Crippen LogP contribution is 2.26. The van der Waals surface area contributed by atoms with E-state index in [1.165, 1.54) is 0 Å². The lowest BCUT2D eigenvalue weighted by Gasteiger charge is -2.26. The average Bonchev–Trinajstić information content (AvgIpc) is 2.54. The minimum Gasteiger partial charge on any atom is -0.497 e. The molecule has 1 aromatic carbocycles. The largest absolute Gasteiger partial charge is 0.497 e. The van der Waals surface area contributed by atoms with Crippen LogP contribution in [0.25, 0.3) is 0 Å². The van der Waals surface area contributed by atoms with Gasteiger partial charge in [0.2, 0.25) is 0 Å². The topological polar surface area (TPSA) is 68.9 Å². The molecule has 1 fully saturated rings. The molecule has 0 heterocycles. The van der Waals surface area contributed by atoms with Crippen molar-refractivity contribution in [2.75, 3.05) is 26.1 Å². The Kier molecular flexibility index (Phi) is 5.87. The summed E-state index contributed by atoms with van der Waals surface area (Å²) < 4.78 is 10.5. The Labute approximate surface area is 126 Å². The second-order valence-electron chi connectivity index (χ2n) is 5.46. The van der Waals surface area contributed by atoms with E-state index < -0.39 is 0 Å². The molecule has 21 heavy (non-hydrogen) atoms. The number of methoxy groups -OCH3 is 2. The molecule has 0 bridgehead atoms. The number of rotatable bonds is 5. The van der Waals surface area contributed by atoms with Gasteiger partial charge in [-0.1, -0.05) is 0 Å². The maximum Gasteiger partial charge on any atom is 0.193 e. The summed E-state index contributed by atoms with van der Waals surface area (Å²) in [7, 11) is 3.44. The van der Waals surface area contributed by atoms with Gasteiger partial charge in [0.15, 0.2) is 5.96 Å². The van der Waals surface area contributed by atoms with Crippen molar-refractivity contribution in [1.82, 2.24) is 0 Å². The van der Waals surface area contributed by atoms with Crippen molar-refractivity contribution in [2.24, 2.45) is 16.6 Å². The zero-order valence-electron chi connectivity index (χ0n) is 12.8. The monoisotopic (exact) mass is 291 g/mol. The van der Waals surface area contributed by atoms with E-state index in [2.05, 4.69) is 10.3 Å². The van der Waals surface area contributed by atoms with Gasteiger partial charge >= 0.3 is 0 Å². The number of nitrogens with zero attached hydrogens (tertiary/aromatic N) is 1. The first-order valence-electron chi connectivity index (χ1n) is 7.45. The van der Waals surface area contributed by atoms with Gasteiger partial charge in [0.25, 0.3) is 0 Å². The first-order chi connectivity index (χ1) is 10.2. The smallest absolute Gasteiger partial charge is 0.193 e. The van der Waals surface area contributed by atoms with Crippen LogP contribution in [-0.4, -0.2) is 32.8 Å². The maximum absolute atomic E-state index is 5.93. The van der Waals surface area contributed by atoms with Gasteiger partial charge in [-0.3, -0.25) is 4.99 Å². The van der Waals surface area contributed by atoms with Crippen LogP contribution in [0.1, 0.15) is 25.7 Å². The second kappa shape index (κ2) is 7.88. The Bertz CT molecular complexity index is 451. The number of guanidine groups is 1. The summed E-state index contributed by atoms with van der Waals surface area (Å²) in [5.41, 5.74) is 6.85. The molecule has 1 aromatic rings. The Morgan fingerprint density at radius 2 is 1.86 bits per heavy atom. The molecule has 0 aromatic heterocycles. The molecule has 0 saturated heterocycles. The van der Waals surface area contributed by atoms with Crippen molar-refractivity contribution < 1.29 is 9.47 Å². The van der Waals surface area contributed by atoms with Gasteiger partial charge < -0.3 is 20.5 Å². The number of hydrogen-bond acceptors (Lipinski definition) is 3. The zero-order valence-corrected chi connectivity index (χ0v) is 12.8. The van der Waals surface area contributed by atoms with Crippen LogP contribution < -0.4 is 15.8 Å². The fourth-order valence-corrected chi connectivity index (χ4v) is 2.64. The Balaban J connectivity index is 1.78. The molecule has 0 aliphatic heterocycles. The van der Waals surface area contributed by atoms with Crippen molar-refractivity contribution in [3.8, 4) is 5.75 Å². The van der Waals surface area contributed by atoms with E-state index in [9.17, 15) is 0 Å². The van der Waals surface area contributed by atoms with Crippen LogP contribution in [0.15, 0.2) is 29.3 Å². The molecule has 1 aliphatic rings. The van der Waals surface area contributed by atoms with Gasteiger partial charge in [0, 0.05) is 19.3 Å². The van der Waals surface area contributed by atoms with Crippen LogP contribution in [0.2, 0.25) is 0 Å². The fraction of sp³-hybridized carbons (Fsp3) is 0.562. The first-order valence-corrected chi connectivity index (χ1v) is 7.45. The highest BCUT2D eigenvalue weighted by atomic mass is 16.5. The highest BCUT2D eigenvalue weighted by Gasteiger charge is 2.20. The van der Waals surface area contributed by atoms with Crippen molar-refractivity contribution in [3.63, 3.8) is 0 Å². The molecular weight excluding hydrogens is 266 g/mol. The molecule has 0 amide bonds. The number of ether oxygens (including phenoxy) is 2. The summed E-state index contributed by atoms with van der Waals surface area (Å²) in [6.07, 6.45) is 5.01. The number of nitrogens with one attached hydrogen (secondary N) is 1. The first kappa shape index (κ1) is 15.6. The summed E-state index contributed by atoms with van der Waals surface area (Å²) in [6, 6.07) is 7.62. The summed E-state index contributed by atoms with van der Waals surface area (Å²) >= 11 is 0. The lowest BCUT2D eigenvalue weighted by molar-refractivity contribution is 0.0581. The van der Waals surface area contributed by atoms with Crippen molar-refractivity contribution in [2.45, 2.75) is 31.8 Å². The van der Waals surface area contributed by atoms with E-state index in [0.29, 0.717) is 18.0 Å². The summed E-state index contributed by atoms with van der Waals surface area (Å²) in [4.78, 5) is 4.45. The van der Waals surface area contributed by atoms with E-state index >= 15 is 0 Å². The number of benzene rings is 1. The predicted molar refractivity (Wildman–Crippen MR) is 85.9 cm³/mol. The van der Waals surface area contributed by atoms with E-state index in [1.807, 2.05) is 24.3 Å². The highest BCUT2D eigenvalue weighted by molar-refractivity contribution is 5.92. The van der Waals surface area contributed by atoms with Crippen LogP contribution >= 0.6 is 0 Å². The summed E-state index contributed by atoms with van der Waals surface area (Å²) in [6.45, 7) is 0.783. The lowest BCUT2D eigenvalue weighted by Crippen LogP contribution is -2.26. The molecule has 1 aliphatic carbocycles. The van der Waals surface area contributed by atoms with Crippen LogP contribution in [0.3, 0.4) is 0 Å². The SMILES string of the molecule is COc1ccc(NC(N)=NCC2CCC(OC)CC2)cc1. The van der Waals surface area contributed by atoms with Crippen LogP contribution in [-0.2, 0) is 4.74 Å². The molecular formula is C16H25N3O2. The second-order valence-corrected chi connectivity index (χ2v) is 5.46. The van der Waals surface area contributed by atoms with E-state index in [0.717, 1.165) is 43.7 Å². The molecule has 0 atom stereocenters. The van der Waals surface area contributed by atoms with Gasteiger partial charge in [0.05, 0.1) is 13.2 Å².